The van der Waals surface area contributed by atoms with Crippen LogP contribution >= 0.6 is 11.6 Å². The van der Waals surface area contributed by atoms with Crippen molar-refractivity contribution in [3.8, 4) is 0 Å². The van der Waals surface area contributed by atoms with Gasteiger partial charge in [0.1, 0.15) is 5.82 Å². The van der Waals surface area contributed by atoms with E-state index in [1.54, 1.807) is 18.2 Å². The molecular formula is C11H9ClFNO. The molecule has 4 heteroatoms. The third-order valence-corrected chi connectivity index (χ3v) is 2.70. The van der Waals surface area contributed by atoms with Crippen molar-refractivity contribution in [2.24, 2.45) is 0 Å². The highest BCUT2D eigenvalue weighted by Gasteiger charge is 2.08. The summed E-state index contributed by atoms with van der Waals surface area (Å²) in [7, 11) is 0. The maximum absolute atomic E-state index is 13.6. The summed E-state index contributed by atoms with van der Waals surface area (Å²) in [5.41, 5.74) is 1.05. The van der Waals surface area contributed by atoms with E-state index in [2.05, 4.69) is 4.98 Å². The molecule has 0 bridgehead atoms. The molecule has 0 aliphatic heterocycles. The number of halogens is 2. The molecule has 0 saturated carbocycles. The molecule has 1 N–H and O–H groups in total. The first kappa shape index (κ1) is 10.2. The van der Waals surface area contributed by atoms with Crippen LogP contribution in [0, 0.1) is 12.7 Å². The normalized spacial score (nSPS) is 10.9. The van der Waals surface area contributed by atoms with E-state index in [1.807, 2.05) is 0 Å². The second-order valence-electron chi connectivity index (χ2n) is 3.41. The third-order valence-electron chi connectivity index (χ3n) is 2.39. The number of pyridine rings is 1. The lowest BCUT2D eigenvalue weighted by Crippen LogP contribution is -2.11. The highest BCUT2D eigenvalue weighted by Crippen LogP contribution is 2.18. The number of hydrogen-bond donors (Lipinski definition) is 1. The molecule has 0 fully saturated rings. The average molecular weight is 226 g/mol. The molecule has 0 amide bonds. The Hall–Kier alpha value is -1.35. The lowest BCUT2D eigenvalue weighted by molar-refractivity contribution is 0.626. The molecule has 0 aliphatic carbocycles. The summed E-state index contributed by atoms with van der Waals surface area (Å²) < 4.78 is 13.6. The number of fused-ring (bicyclic) bond motifs is 1. The van der Waals surface area contributed by atoms with Crippen molar-refractivity contribution in [2.45, 2.75) is 12.8 Å². The van der Waals surface area contributed by atoms with Gasteiger partial charge in [0.25, 0.3) is 5.56 Å². The van der Waals surface area contributed by atoms with Crippen LogP contribution in [0.25, 0.3) is 10.9 Å². The van der Waals surface area contributed by atoms with Crippen LogP contribution < -0.4 is 5.56 Å². The highest BCUT2D eigenvalue weighted by molar-refractivity contribution is 6.17. The van der Waals surface area contributed by atoms with Crippen LogP contribution in [-0.2, 0) is 5.88 Å². The van der Waals surface area contributed by atoms with E-state index >= 15 is 0 Å². The minimum atomic E-state index is -0.463. The third kappa shape index (κ3) is 1.63. The van der Waals surface area contributed by atoms with Gasteiger partial charge < -0.3 is 4.98 Å². The van der Waals surface area contributed by atoms with Gasteiger partial charge in [-0.25, -0.2) is 4.39 Å². The predicted octanol–water partition coefficient (Wildman–Crippen LogP) is 2.71. The monoisotopic (exact) mass is 225 g/mol. The quantitative estimate of drug-likeness (QED) is 0.744. The molecule has 0 aliphatic rings. The molecule has 1 heterocycles. The standard InChI is InChI=1S/C11H9ClFNO/c1-6-10(13)8-3-2-7(5-12)4-9(8)14-11(6)15/h2-4H,5H2,1H3,(H,14,15). The number of rotatable bonds is 1. The van der Waals surface area contributed by atoms with Crippen LogP contribution in [-0.4, -0.2) is 4.98 Å². The highest BCUT2D eigenvalue weighted by atomic mass is 35.5. The largest absolute Gasteiger partial charge is 0.322 e. The van der Waals surface area contributed by atoms with Gasteiger partial charge in [-0.15, -0.1) is 11.6 Å². The van der Waals surface area contributed by atoms with Crippen molar-refractivity contribution in [2.75, 3.05) is 0 Å². The Morgan fingerprint density at radius 1 is 1.47 bits per heavy atom. The van der Waals surface area contributed by atoms with Gasteiger partial charge in [0.2, 0.25) is 0 Å². The van der Waals surface area contributed by atoms with Gasteiger partial charge in [0.05, 0.1) is 11.1 Å². The lowest BCUT2D eigenvalue weighted by Gasteiger charge is -2.03. The molecule has 0 spiro atoms. The van der Waals surface area contributed by atoms with Crippen molar-refractivity contribution in [3.05, 3.63) is 45.5 Å². The molecule has 0 unspecified atom stereocenters. The molecular weight excluding hydrogens is 217 g/mol. The Morgan fingerprint density at radius 3 is 2.87 bits per heavy atom. The first-order valence-electron chi connectivity index (χ1n) is 4.50. The van der Waals surface area contributed by atoms with Crippen LogP contribution in [0.1, 0.15) is 11.1 Å². The predicted molar refractivity (Wildman–Crippen MR) is 58.8 cm³/mol. The average Bonchev–Trinajstić information content (AvgIpc) is 2.25. The Morgan fingerprint density at radius 2 is 2.20 bits per heavy atom. The van der Waals surface area contributed by atoms with E-state index in [4.69, 9.17) is 11.6 Å². The molecule has 15 heavy (non-hydrogen) atoms. The van der Waals surface area contributed by atoms with Gasteiger partial charge in [-0.1, -0.05) is 6.07 Å². The van der Waals surface area contributed by atoms with E-state index in [0.717, 1.165) is 5.56 Å². The fourth-order valence-corrected chi connectivity index (χ4v) is 1.65. The second kappa shape index (κ2) is 3.66. The van der Waals surface area contributed by atoms with Gasteiger partial charge >= 0.3 is 0 Å². The zero-order valence-electron chi connectivity index (χ0n) is 8.10. The van der Waals surface area contributed by atoms with Crippen LogP contribution in [0.5, 0.6) is 0 Å². The van der Waals surface area contributed by atoms with Gasteiger partial charge in [-0.2, -0.15) is 0 Å². The molecule has 2 rings (SSSR count). The summed E-state index contributed by atoms with van der Waals surface area (Å²) >= 11 is 5.65. The van der Waals surface area contributed by atoms with E-state index < -0.39 is 11.4 Å². The van der Waals surface area contributed by atoms with Crippen molar-refractivity contribution >= 4 is 22.5 Å². The van der Waals surface area contributed by atoms with E-state index in [-0.39, 0.29) is 5.56 Å². The number of benzene rings is 1. The Kier molecular flexibility index (Phi) is 2.49. The molecule has 2 nitrogen and oxygen atoms in total. The van der Waals surface area contributed by atoms with Crippen LogP contribution in [0.4, 0.5) is 4.39 Å². The first-order chi connectivity index (χ1) is 7.13. The lowest BCUT2D eigenvalue weighted by atomic mass is 10.1. The van der Waals surface area contributed by atoms with E-state index in [9.17, 15) is 9.18 Å². The van der Waals surface area contributed by atoms with Gasteiger partial charge in [-0.3, -0.25) is 4.79 Å². The maximum Gasteiger partial charge on any atom is 0.254 e. The number of hydrogen-bond acceptors (Lipinski definition) is 1. The number of H-pyrrole nitrogens is 1. The molecule has 1 aromatic heterocycles. The molecule has 1 aromatic carbocycles. The Balaban J connectivity index is 2.86. The van der Waals surface area contributed by atoms with Crippen LogP contribution in [0.15, 0.2) is 23.0 Å². The van der Waals surface area contributed by atoms with Crippen molar-refractivity contribution in [3.63, 3.8) is 0 Å². The van der Waals surface area contributed by atoms with Crippen molar-refractivity contribution in [1.29, 1.82) is 0 Å². The van der Waals surface area contributed by atoms with Crippen LogP contribution in [0.2, 0.25) is 0 Å². The Bertz CT molecular complexity index is 577. The molecule has 2 aromatic rings. The first-order valence-corrected chi connectivity index (χ1v) is 5.04. The molecule has 0 saturated heterocycles. The van der Waals surface area contributed by atoms with Gasteiger partial charge in [0.15, 0.2) is 0 Å². The van der Waals surface area contributed by atoms with Crippen molar-refractivity contribution < 1.29 is 4.39 Å². The summed E-state index contributed by atoms with van der Waals surface area (Å²) in [5.74, 6) is -0.122. The number of nitrogens with one attached hydrogen (secondary N) is 1. The number of alkyl halides is 1. The summed E-state index contributed by atoms with van der Waals surface area (Å²) in [6, 6.07) is 5.06. The zero-order chi connectivity index (χ0) is 11.0. The minimum absolute atomic E-state index is 0.112. The maximum atomic E-state index is 13.6. The summed E-state index contributed by atoms with van der Waals surface area (Å²) in [6.07, 6.45) is 0. The smallest absolute Gasteiger partial charge is 0.254 e. The number of aromatic amines is 1. The zero-order valence-corrected chi connectivity index (χ0v) is 8.86. The molecule has 78 valence electrons. The molecule has 0 radical (unpaired) electrons. The topological polar surface area (TPSA) is 32.9 Å². The molecule has 0 atom stereocenters. The van der Waals surface area contributed by atoms with E-state index in [0.29, 0.717) is 16.8 Å². The van der Waals surface area contributed by atoms with Crippen molar-refractivity contribution in [1.82, 2.24) is 4.98 Å². The SMILES string of the molecule is Cc1c(F)c2ccc(CCl)cc2[nH]c1=O. The summed E-state index contributed by atoms with van der Waals surface area (Å²) in [5, 5.41) is 0.418. The summed E-state index contributed by atoms with van der Waals surface area (Å²) in [6.45, 7) is 1.46. The van der Waals surface area contributed by atoms with E-state index in [1.165, 1.54) is 6.92 Å². The number of aromatic nitrogens is 1. The van der Waals surface area contributed by atoms with Gasteiger partial charge in [-0.05, 0) is 24.6 Å². The fraction of sp³-hybridized carbons (Fsp3) is 0.182. The second-order valence-corrected chi connectivity index (χ2v) is 3.67. The fourth-order valence-electron chi connectivity index (χ4n) is 1.49. The van der Waals surface area contributed by atoms with Crippen LogP contribution in [0.3, 0.4) is 0 Å². The minimum Gasteiger partial charge on any atom is -0.322 e. The summed E-state index contributed by atoms with van der Waals surface area (Å²) in [4.78, 5) is 13.9. The Labute approximate surface area is 90.7 Å². The van der Waals surface area contributed by atoms with Gasteiger partial charge in [0, 0.05) is 11.3 Å².